The number of nitrogens with zero attached hydrogens (tertiary/aromatic N) is 3. The fraction of sp³-hybridized carbons (Fsp3) is 0.348. The Morgan fingerprint density at radius 1 is 1.21 bits per heavy atom. The van der Waals surface area contributed by atoms with E-state index in [1.165, 1.54) is 6.07 Å². The van der Waals surface area contributed by atoms with Crippen molar-refractivity contribution in [1.82, 2.24) is 20.1 Å². The summed E-state index contributed by atoms with van der Waals surface area (Å²) in [6.07, 6.45) is 1.01. The van der Waals surface area contributed by atoms with Crippen LogP contribution in [0.5, 0.6) is 0 Å². The summed E-state index contributed by atoms with van der Waals surface area (Å²) >= 11 is 12.3. The fourth-order valence-corrected chi connectivity index (χ4v) is 4.49. The Morgan fingerprint density at radius 3 is 2.64 bits per heavy atom. The first-order chi connectivity index (χ1) is 15.8. The fourth-order valence-electron chi connectivity index (χ4n) is 4.13. The summed E-state index contributed by atoms with van der Waals surface area (Å²) in [6.45, 7) is 3.30. The third-order valence-corrected chi connectivity index (χ3v) is 6.71. The lowest BCUT2D eigenvalue weighted by atomic mass is 9.74. The number of hydrogen-bond donors (Lipinski definition) is 3. The van der Waals surface area contributed by atoms with Gasteiger partial charge in [0.2, 0.25) is 0 Å². The predicted molar refractivity (Wildman–Crippen MR) is 126 cm³/mol. The molecule has 1 fully saturated rings. The molecule has 3 aromatic rings. The van der Waals surface area contributed by atoms with E-state index in [0.29, 0.717) is 60.4 Å². The Bertz CT molecular complexity index is 1160. The number of benzene rings is 1. The van der Waals surface area contributed by atoms with Crippen LogP contribution in [0.1, 0.15) is 29.8 Å². The molecule has 0 spiro atoms. The number of hydrogen-bond acceptors (Lipinski definition) is 5. The van der Waals surface area contributed by atoms with Crippen LogP contribution in [0.15, 0.2) is 36.4 Å². The summed E-state index contributed by atoms with van der Waals surface area (Å²) in [6, 6.07) is 10.2. The number of nitrogens with one attached hydrogen (secondary N) is 2. The molecule has 10 heteroatoms. The van der Waals surface area contributed by atoms with E-state index in [-0.39, 0.29) is 11.4 Å². The molecule has 0 bridgehead atoms. The van der Waals surface area contributed by atoms with Gasteiger partial charge in [0.1, 0.15) is 11.6 Å². The van der Waals surface area contributed by atoms with Gasteiger partial charge in [-0.05, 0) is 51.1 Å². The van der Waals surface area contributed by atoms with Gasteiger partial charge in [0.05, 0.1) is 21.2 Å². The topological polar surface area (TPSA) is 94.1 Å². The SMILES string of the molecule is Cc1cc(Nc2ccc(Cl)c(CC3(C(=O)O)CCN(Cc4cccc(Cl)c4F)CC3)n2)n[nH]1. The molecular weight excluding hydrogens is 468 g/mol. The van der Waals surface area contributed by atoms with Gasteiger partial charge in [-0.15, -0.1) is 0 Å². The van der Waals surface area contributed by atoms with Gasteiger partial charge in [-0.3, -0.25) is 14.8 Å². The van der Waals surface area contributed by atoms with Gasteiger partial charge in [0, 0.05) is 30.3 Å². The number of H-pyrrole nitrogens is 1. The molecular formula is C23H24Cl2FN5O2. The first-order valence-corrected chi connectivity index (χ1v) is 11.3. The van der Waals surface area contributed by atoms with Crippen molar-refractivity contribution in [3.63, 3.8) is 0 Å². The van der Waals surface area contributed by atoms with E-state index < -0.39 is 17.2 Å². The highest BCUT2D eigenvalue weighted by molar-refractivity contribution is 6.31. The van der Waals surface area contributed by atoms with Gasteiger partial charge in [-0.25, -0.2) is 9.37 Å². The molecule has 0 unspecified atom stereocenters. The number of anilines is 2. The maximum absolute atomic E-state index is 14.3. The minimum Gasteiger partial charge on any atom is -0.481 e. The van der Waals surface area contributed by atoms with Crippen LogP contribution < -0.4 is 5.32 Å². The van der Waals surface area contributed by atoms with E-state index in [9.17, 15) is 14.3 Å². The molecule has 1 saturated heterocycles. The lowest BCUT2D eigenvalue weighted by molar-refractivity contribution is -0.152. The Morgan fingerprint density at radius 2 is 1.97 bits per heavy atom. The van der Waals surface area contributed by atoms with Crippen LogP contribution in [0.25, 0.3) is 0 Å². The van der Waals surface area contributed by atoms with Crippen molar-refractivity contribution in [3.05, 3.63) is 69.2 Å². The Labute approximate surface area is 200 Å². The lowest BCUT2D eigenvalue weighted by Gasteiger charge is -2.39. The van der Waals surface area contributed by atoms with E-state index in [1.807, 2.05) is 17.9 Å². The van der Waals surface area contributed by atoms with Gasteiger partial charge in [0.15, 0.2) is 5.82 Å². The quantitative estimate of drug-likeness (QED) is 0.419. The molecule has 0 amide bonds. The van der Waals surface area contributed by atoms with Gasteiger partial charge >= 0.3 is 5.97 Å². The molecule has 3 heterocycles. The van der Waals surface area contributed by atoms with E-state index in [2.05, 4.69) is 20.5 Å². The molecule has 0 radical (unpaired) electrons. The molecule has 0 aliphatic carbocycles. The predicted octanol–water partition coefficient (Wildman–Crippen LogP) is 5.21. The summed E-state index contributed by atoms with van der Waals surface area (Å²) in [4.78, 5) is 19.0. The van der Waals surface area contributed by atoms with E-state index in [4.69, 9.17) is 23.2 Å². The molecule has 174 valence electrons. The maximum Gasteiger partial charge on any atom is 0.310 e. The van der Waals surface area contributed by atoms with Crippen molar-refractivity contribution in [3.8, 4) is 0 Å². The highest BCUT2D eigenvalue weighted by atomic mass is 35.5. The maximum atomic E-state index is 14.3. The number of halogens is 3. The second kappa shape index (κ2) is 9.67. The number of aromatic nitrogens is 3. The van der Waals surface area contributed by atoms with Crippen molar-refractivity contribution >= 4 is 40.8 Å². The number of piperidine rings is 1. The molecule has 0 saturated carbocycles. The zero-order valence-electron chi connectivity index (χ0n) is 18.0. The highest BCUT2D eigenvalue weighted by Crippen LogP contribution is 2.38. The highest BCUT2D eigenvalue weighted by Gasteiger charge is 2.42. The average Bonchev–Trinajstić information content (AvgIpc) is 3.19. The van der Waals surface area contributed by atoms with Crippen molar-refractivity contribution in [2.45, 2.75) is 32.7 Å². The molecule has 1 aromatic carbocycles. The smallest absolute Gasteiger partial charge is 0.310 e. The summed E-state index contributed by atoms with van der Waals surface area (Å²) < 4.78 is 14.3. The summed E-state index contributed by atoms with van der Waals surface area (Å²) in [7, 11) is 0. The number of carbonyl (C=O) groups is 1. The van der Waals surface area contributed by atoms with Crippen LogP contribution >= 0.6 is 23.2 Å². The second-order valence-corrected chi connectivity index (χ2v) is 9.25. The van der Waals surface area contributed by atoms with Crippen molar-refractivity contribution in [1.29, 1.82) is 0 Å². The molecule has 1 aliphatic rings. The number of pyridine rings is 1. The summed E-state index contributed by atoms with van der Waals surface area (Å²) in [5.41, 5.74) is 0.927. The lowest BCUT2D eigenvalue weighted by Crippen LogP contribution is -2.45. The molecule has 33 heavy (non-hydrogen) atoms. The van der Waals surface area contributed by atoms with Crippen molar-refractivity contribution < 1.29 is 14.3 Å². The largest absolute Gasteiger partial charge is 0.481 e. The van der Waals surface area contributed by atoms with Crippen molar-refractivity contribution in [2.75, 3.05) is 18.4 Å². The zero-order valence-corrected chi connectivity index (χ0v) is 19.5. The van der Waals surface area contributed by atoms with Crippen LogP contribution in [0.2, 0.25) is 10.0 Å². The average molecular weight is 492 g/mol. The second-order valence-electron chi connectivity index (χ2n) is 8.44. The summed E-state index contributed by atoms with van der Waals surface area (Å²) in [5.74, 6) is -0.157. The van der Waals surface area contributed by atoms with E-state index in [1.54, 1.807) is 24.3 Å². The molecule has 1 aliphatic heterocycles. The first-order valence-electron chi connectivity index (χ1n) is 10.6. The van der Waals surface area contributed by atoms with Crippen LogP contribution in [0, 0.1) is 18.2 Å². The van der Waals surface area contributed by atoms with E-state index >= 15 is 0 Å². The van der Waals surface area contributed by atoms with E-state index in [0.717, 1.165) is 5.69 Å². The van der Waals surface area contributed by atoms with Gasteiger partial charge in [-0.2, -0.15) is 5.10 Å². The van der Waals surface area contributed by atoms with Gasteiger partial charge in [-0.1, -0.05) is 35.3 Å². The minimum atomic E-state index is -0.998. The number of aliphatic carboxylic acids is 1. The normalized spacial score (nSPS) is 16.0. The number of likely N-dealkylation sites (tertiary alicyclic amines) is 1. The number of carboxylic acid groups (broad SMARTS) is 1. The molecule has 0 atom stereocenters. The zero-order chi connectivity index (χ0) is 23.6. The monoisotopic (exact) mass is 491 g/mol. The Balaban J connectivity index is 1.47. The number of carboxylic acids is 1. The number of aromatic amines is 1. The Kier molecular flexibility index (Phi) is 6.88. The Hall–Kier alpha value is -2.68. The number of aryl methyl sites for hydroxylation is 1. The van der Waals surface area contributed by atoms with Crippen LogP contribution in [0.3, 0.4) is 0 Å². The molecule has 4 rings (SSSR count). The minimum absolute atomic E-state index is 0.0867. The molecule has 3 N–H and O–H groups in total. The van der Waals surface area contributed by atoms with Crippen LogP contribution in [-0.4, -0.2) is 44.2 Å². The van der Waals surface area contributed by atoms with Gasteiger partial charge in [0.25, 0.3) is 0 Å². The number of rotatable bonds is 7. The van der Waals surface area contributed by atoms with Crippen LogP contribution in [0.4, 0.5) is 16.0 Å². The third kappa shape index (κ3) is 5.29. The van der Waals surface area contributed by atoms with Crippen LogP contribution in [-0.2, 0) is 17.8 Å². The third-order valence-electron chi connectivity index (χ3n) is 6.08. The standard InChI is InChI=1S/C23H24Cl2FN5O2/c1-14-11-20(30-29-14)28-19-6-5-16(24)18(27-19)12-23(22(32)33)7-9-31(10-8-23)13-15-3-2-4-17(25)21(15)26/h2-6,11H,7-10,12-13H2,1H3,(H,32,33)(H2,27,28,29,30). The first kappa shape index (κ1) is 23.5. The summed E-state index contributed by atoms with van der Waals surface area (Å²) in [5, 5.41) is 20.7. The molecule has 7 nitrogen and oxygen atoms in total. The molecule has 2 aromatic heterocycles. The van der Waals surface area contributed by atoms with Crippen molar-refractivity contribution in [2.24, 2.45) is 5.41 Å². The van der Waals surface area contributed by atoms with Gasteiger partial charge < -0.3 is 10.4 Å².